The van der Waals surface area contributed by atoms with Gasteiger partial charge < -0.3 is 26.8 Å². The highest BCUT2D eigenvalue weighted by molar-refractivity contribution is 7.93. The second-order valence-electron chi connectivity index (χ2n) is 15.5. The summed E-state index contributed by atoms with van der Waals surface area (Å²) in [6.45, 7) is 10.8. The summed E-state index contributed by atoms with van der Waals surface area (Å²) in [6, 6.07) is 9.37. The topological polar surface area (TPSA) is 390 Å². The van der Waals surface area contributed by atoms with Gasteiger partial charge in [0.2, 0.25) is 28.4 Å². The molecule has 0 aliphatic rings. The third-order valence-electron chi connectivity index (χ3n) is 8.73. The molecule has 0 atom stereocenters. The summed E-state index contributed by atoms with van der Waals surface area (Å²) in [5, 5.41) is 70.1. The Hall–Kier alpha value is -7.57. The van der Waals surface area contributed by atoms with Gasteiger partial charge in [0, 0.05) is 10.8 Å². The van der Waals surface area contributed by atoms with Gasteiger partial charge in [0.25, 0.3) is 22.2 Å². The second-order valence-corrected chi connectivity index (χ2v) is 21.6. The molecule has 30 heteroatoms. The molecule has 7 rings (SSSR count). The van der Waals surface area contributed by atoms with E-state index in [0.29, 0.717) is 34.4 Å². The molecule has 0 aliphatic carbocycles. The summed E-state index contributed by atoms with van der Waals surface area (Å²) in [7, 11) is -8.47. The van der Waals surface area contributed by atoms with Gasteiger partial charge in [-0.25, -0.2) is 26.4 Å². The van der Waals surface area contributed by atoms with Gasteiger partial charge in [-0.2, -0.15) is 34.5 Å². The number of carboxylic acid groups (broad SMARTS) is 2. The van der Waals surface area contributed by atoms with Crippen LogP contribution in [0.5, 0.6) is 6.01 Å². The van der Waals surface area contributed by atoms with Crippen LogP contribution in [0, 0.1) is 0 Å². The van der Waals surface area contributed by atoms with Crippen molar-refractivity contribution in [1.82, 2.24) is 54.9 Å². The smallest absolute Gasteiger partial charge is 0.336 e. The molecule has 0 saturated carbocycles. The fourth-order valence-corrected chi connectivity index (χ4v) is 10.1. The van der Waals surface area contributed by atoms with Gasteiger partial charge in [-0.15, -0.1) is 40.9 Å². The third-order valence-corrected chi connectivity index (χ3v) is 14.6. The molecule has 0 aliphatic heterocycles. The highest BCUT2D eigenvalue weighted by atomic mass is 32.2. The van der Waals surface area contributed by atoms with Crippen molar-refractivity contribution in [3.8, 4) is 17.9 Å². The van der Waals surface area contributed by atoms with Crippen LogP contribution < -0.4 is 11.5 Å². The number of rotatable bonds is 12. The molecule has 7 aromatic rings. The van der Waals surface area contributed by atoms with Crippen LogP contribution in [0.25, 0.3) is 11.9 Å². The van der Waals surface area contributed by atoms with Crippen molar-refractivity contribution in [3.63, 3.8) is 0 Å². The van der Waals surface area contributed by atoms with E-state index in [2.05, 4.69) is 66.0 Å². The first-order chi connectivity index (χ1) is 30.4. The van der Waals surface area contributed by atoms with Crippen LogP contribution in [0.3, 0.4) is 0 Å². The number of azo groups is 2. The number of nitrogen functional groups attached to an aromatic ring is 2. The largest absolute Gasteiger partial charge is 0.479 e. The highest BCUT2D eigenvalue weighted by Crippen LogP contribution is 2.40. The van der Waals surface area contributed by atoms with Crippen molar-refractivity contribution in [2.24, 2.45) is 20.5 Å². The molecule has 26 nitrogen and oxygen atoms in total. The van der Waals surface area contributed by atoms with E-state index in [1.165, 1.54) is 12.1 Å². The minimum Gasteiger partial charge on any atom is -0.479 e. The van der Waals surface area contributed by atoms with E-state index in [9.17, 15) is 41.7 Å². The quantitative estimate of drug-likeness (QED) is 0.0969. The van der Waals surface area contributed by atoms with Gasteiger partial charge in [-0.3, -0.25) is 0 Å². The van der Waals surface area contributed by atoms with E-state index in [4.69, 9.17) is 11.5 Å². The summed E-state index contributed by atoms with van der Waals surface area (Å²) < 4.78 is 54.1. The van der Waals surface area contributed by atoms with Crippen LogP contribution in [0.4, 0.5) is 33.3 Å². The Kier molecular flexibility index (Phi) is 11.6. The number of hydrogen-bond acceptors (Lipinski definition) is 24. The molecule has 336 valence electrons. The zero-order chi connectivity index (χ0) is 47.4. The van der Waals surface area contributed by atoms with Crippen LogP contribution in [-0.2, 0) is 30.5 Å². The van der Waals surface area contributed by atoms with Crippen molar-refractivity contribution < 1.29 is 41.7 Å². The number of aromatic carboxylic acids is 2. The Morgan fingerprint density at radius 1 is 0.615 bits per heavy atom. The van der Waals surface area contributed by atoms with Crippen LogP contribution in [0.15, 0.2) is 87.5 Å². The predicted molar refractivity (Wildman–Crippen MR) is 228 cm³/mol. The number of carbonyl (C=O) groups is 2. The summed E-state index contributed by atoms with van der Waals surface area (Å²) in [4.78, 5) is 35.1. The van der Waals surface area contributed by atoms with E-state index in [1.54, 1.807) is 39.0 Å². The number of benzene rings is 2. The minimum absolute atomic E-state index is 0.0248. The lowest BCUT2D eigenvalue weighted by molar-refractivity contribution is 0.0651. The zero-order valence-corrected chi connectivity index (χ0v) is 37.7. The van der Waals surface area contributed by atoms with Gasteiger partial charge in [-0.1, -0.05) is 82.4 Å². The van der Waals surface area contributed by atoms with Crippen molar-refractivity contribution in [2.45, 2.75) is 70.8 Å². The number of anilines is 2. The summed E-state index contributed by atoms with van der Waals surface area (Å²) >= 11 is 1.16. The molecule has 0 unspecified atom stereocenters. The molecule has 65 heavy (non-hydrogen) atoms. The zero-order valence-electron chi connectivity index (χ0n) is 34.4. The molecule has 5 heterocycles. The van der Waals surface area contributed by atoms with E-state index in [0.717, 1.165) is 21.5 Å². The number of nitrogens with zero attached hydrogens (tertiary/aromatic N) is 15. The Morgan fingerprint density at radius 3 is 1.49 bits per heavy atom. The van der Waals surface area contributed by atoms with E-state index < -0.39 is 68.8 Å². The van der Waals surface area contributed by atoms with Gasteiger partial charge in [0.05, 0.1) is 32.3 Å². The fraction of sp³-hybridized carbons (Fsp3) is 0.229. The fourth-order valence-electron chi connectivity index (χ4n) is 5.63. The van der Waals surface area contributed by atoms with Crippen LogP contribution in [0.1, 0.15) is 73.6 Å². The van der Waals surface area contributed by atoms with Crippen LogP contribution in [-0.4, -0.2) is 99.0 Å². The maximum atomic E-state index is 13.4. The lowest BCUT2D eigenvalue weighted by atomic mass is 9.91. The number of carboxylic acids is 2. The monoisotopic (exact) mass is 963 g/mol. The average Bonchev–Trinajstić information content (AvgIpc) is 4.05. The average molecular weight is 964 g/mol. The van der Waals surface area contributed by atoms with Gasteiger partial charge in [-0.05, 0) is 30.3 Å². The lowest BCUT2D eigenvalue weighted by Gasteiger charge is -2.15. The first-order valence-electron chi connectivity index (χ1n) is 18.3. The standard InChI is InChI=1S/C35H33N17O9S4/c1-34(2,3)21-19(41-43-30-45-47-32(62-30)64(58,59)15-10-8-7-9-11-15)23(36)51(49-21)27-38-28(40-29(57)39-27)52-24(37)20(22(50-52)35(4,5)6)42-44-31-46-48-33(63-31)65(60,61)16-12-13-17(25(53)54)18(14-16)26(55)56/h7-14H,36-37H2,1-6H3,(H,53,54)(H,55,56)(H,38,39,40,57). The SMILES string of the molecule is CC(C)(C)c1nn(-c2nc(O)nc(-n3nc(C(C)(C)C)c(N=Nc4nnc(S(=O)(=O)c5ccc(C(=O)O)c(C(=O)O)c5)s4)c3N)n2)c(N)c1N=Nc1nnc(S(=O)(=O)c2ccccc2)s1. The molecule has 0 amide bonds. The van der Waals surface area contributed by atoms with Gasteiger partial charge >= 0.3 is 17.9 Å². The third kappa shape index (κ3) is 8.85. The molecule has 0 bridgehead atoms. The number of sulfone groups is 2. The Bertz CT molecular complexity index is 3330. The first kappa shape index (κ1) is 45.5. The molecule has 0 fully saturated rings. The molecule has 0 radical (unpaired) electrons. The van der Waals surface area contributed by atoms with Crippen molar-refractivity contribution in [1.29, 1.82) is 0 Å². The van der Waals surface area contributed by atoms with Crippen molar-refractivity contribution in [2.75, 3.05) is 11.5 Å². The number of aromatic nitrogens is 11. The summed E-state index contributed by atoms with van der Waals surface area (Å²) in [6.07, 6.45) is 0. The molecular weight excluding hydrogens is 931 g/mol. The van der Waals surface area contributed by atoms with E-state index >= 15 is 0 Å². The molecule has 5 aromatic heterocycles. The molecule has 0 spiro atoms. The number of nitrogens with two attached hydrogens (primary N) is 2. The second kappa shape index (κ2) is 16.5. The molecule has 7 N–H and O–H groups in total. The maximum Gasteiger partial charge on any atom is 0.336 e. The summed E-state index contributed by atoms with van der Waals surface area (Å²) in [5.74, 6) is -4.20. The molecule has 2 aromatic carbocycles. The van der Waals surface area contributed by atoms with Gasteiger partial charge in [0.15, 0.2) is 23.0 Å². The maximum absolute atomic E-state index is 13.4. The van der Waals surface area contributed by atoms with Crippen molar-refractivity contribution >= 4 is 87.6 Å². The Balaban J connectivity index is 1.22. The van der Waals surface area contributed by atoms with Crippen LogP contribution >= 0.6 is 22.7 Å². The van der Waals surface area contributed by atoms with E-state index in [-0.39, 0.29) is 60.1 Å². The summed E-state index contributed by atoms with van der Waals surface area (Å²) in [5.41, 5.74) is 10.8. The van der Waals surface area contributed by atoms with Crippen LogP contribution in [0.2, 0.25) is 0 Å². The Morgan fingerprint density at radius 2 is 1.06 bits per heavy atom. The van der Waals surface area contributed by atoms with E-state index in [1.807, 2.05) is 20.8 Å². The van der Waals surface area contributed by atoms with Crippen molar-refractivity contribution in [3.05, 3.63) is 71.0 Å². The normalized spacial score (nSPS) is 12.7. The highest BCUT2D eigenvalue weighted by Gasteiger charge is 2.32. The minimum atomic E-state index is -4.50. The number of hydrogen-bond donors (Lipinski definition) is 5. The number of aromatic hydroxyl groups is 1. The predicted octanol–water partition coefficient (Wildman–Crippen LogP) is 5.30. The Labute approximate surface area is 374 Å². The molecule has 0 saturated heterocycles. The van der Waals surface area contributed by atoms with Gasteiger partial charge in [0.1, 0.15) is 0 Å². The molecular formula is C35H33N17O9S4. The lowest BCUT2D eigenvalue weighted by Crippen LogP contribution is -2.16. The first-order valence-corrected chi connectivity index (χ1v) is 22.9.